The van der Waals surface area contributed by atoms with Gasteiger partial charge in [0.05, 0.1) is 24.0 Å². The van der Waals surface area contributed by atoms with Crippen LogP contribution in [0.3, 0.4) is 0 Å². The van der Waals surface area contributed by atoms with E-state index in [0.717, 1.165) is 32.4 Å². The van der Waals surface area contributed by atoms with Gasteiger partial charge in [-0.15, -0.1) is 22.7 Å². The van der Waals surface area contributed by atoms with E-state index in [1.807, 2.05) is 48.5 Å². The van der Waals surface area contributed by atoms with E-state index in [-0.39, 0.29) is 0 Å². The van der Waals surface area contributed by atoms with Gasteiger partial charge in [-0.05, 0) is 72.8 Å². The molecule has 30 heavy (non-hydrogen) atoms. The smallest absolute Gasteiger partial charge is 0.118 e. The van der Waals surface area contributed by atoms with Crippen LogP contribution < -0.4 is 9.47 Å². The van der Waals surface area contributed by atoms with Gasteiger partial charge >= 0.3 is 0 Å². The zero-order valence-electron chi connectivity index (χ0n) is 16.6. The lowest BCUT2D eigenvalue weighted by atomic mass is 10.2. The van der Waals surface area contributed by atoms with Crippen LogP contribution in [0.15, 0.2) is 72.8 Å². The SMILES string of the molecule is COc1ccc(C#Cc2ccc(-c3ccc(C#Cc4ccc(OC)cc4)s3)s2)cc1. The molecule has 0 fully saturated rings. The molecule has 0 N–H and O–H groups in total. The van der Waals surface area contributed by atoms with Gasteiger partial charge in [0.25, 0.3) is 0 Å². The Balaban J connectivity index is 1.46. The molecule has 0 aliphatic heterocycles. The largest absolute Gasteiger partial charge is 0.497 e. The van der Waals surface area contributed by atoms with Gasteiger partial charge in [0, 0.05) is 20.9 Å². The second-order valence-electron chi connectivity index (χ2n) is 6.28. The number of ether oxygens (including phenoxy) is 2. The number of benzene rings is 2. The minimum absolute atomic E-state index is 0.836. The van der Waals surface area contributed by atoms with E-state index < -0.39 is 0 Å². The lowest BCUT2D eigenvalue weighted by molar-refractivity contribution is 0.414. The third-order valence-electron chi connectivity index (χ3n) is 4.29. The Hall–Kier alpha value is -3.44. The fraction of sp³-hybridized carbons (Fsp3) is 0.0769. The highest BCUT2D eigenvalue weighted by Gasteiger charge is 2.05. The van der Waals surface area contributed by atoms with Crippen molar-refractivity contribution in [1.82, 2.24) is 0 Å². The van der Waals surface area contributed by atoms with Crippen LogP contribution in [-0.4, -0.2) is 14.2 Å². The molecule has 146 valence electrons. The van der Waals surface area contributed by atoms with Gasteiger partial charge in [-0.3, -0.25) is 0 Å². The fourth-order valence-corrected chi connectivity index (χ4v) is 4.50. The van der Waals surface area contributed by atoms with Gasteiger partial charge in [0.15, 0.2) is 0 Å². The molecule has 4 rings (SSSR count). The summed E-state index contributed by atoms with van der Waals surface area (Å²) in [5.41, 5.74) is 1.94. The van der Waals surface area contributed by atoms with E-state index >= 15 is 0 Å². The zero-order valence-corrected chi connectivity index (χ0v) is 18.2. The van der Waals surface area contributed by atoms with E-state index in [4.69, 9.17) is 9.47 Å². The van der Waals surface area contributed by atoms with Crippen LogP contribution in [0.4, 0.5) is 0 Å². The third kappa shape index (κ3) is 4.93. The van der Waals surface area contributed by atoms with Crippen molar-refractivity contribution in [3.05, 3.63) is 93.7 Å². The normalized spacial score (nSPS) is 9.80. The summed E-state index contributed by atoms with van der Waals surface area (Å²) in [6.07, 6.45) is 0. The van der Waals surface area contributed by atoms with Crippen LogP contribution in [0.5, 0.6) is 11.5 Å². The Kier molecular flexibility index (Phi) is 6.20. The van der Waals surface area contributed by atoms with Crippen molar-refractivity contribution in [3.63, 3.8) is 0 Å². The van der Waals surface area contributed by atoms with Gasteiger partial charge in [-0.25, -0.2) is 0 Å². The van der Waals surface area contributed by atoms with Crippen LogP contribution in [-0.2, 0) is 0 Å². The van der Waals surface area contributed by atoms with Crippen molar-refractivity contribution in [2.45, 2.75) is 0 Å². The number of methoxy groups -OCH3 is 2. The van der Waals surface area contributed by atoms with Crippen LogP contribution in [0.1, 0.15) is 20.9 Å². The molecule has 4 heteroatoms. The van der Waals surface area contributed by atoms with E-state index in [1.54, 1.807) is 36.9 Å². The average molecular weight is 427 g/mol. The molecular weight excluding hydrogens is 408 g/mol. The molecule has 0 atom stereocenters. The standard InChI is InChI=1S/C26H18O2S2/c1-27-21-9-3-19(4-10-21)7-13-23-15-17-25(29-23)26-18-16-24(30-26)14-8-20-5-11-22(28-2)12-6-20/h3-6,9-12,15-18H,1-2H3. The molecule has 0 aliphatic carbocycles. The first-order valence-corrected chi connectivity index (χ1v) is 10.9. The maximum atomic E-state index is 5.18. The molecule has 0 amide bonds. The highest BCUT2D eigenvalue weighted by molar-refractivity contribution is 7.22. The average Bonchev–Trinajstić information content (AvgIpc) is 3.46. The van der Waals surface area contributed by atoms with E-state index in [1.165, 1.54) is 9.75 Å². The number of hydrogen-bond donors (Lipinski definition) is 0. The van der Waals surface area contributed by atoms with Gasteiger partial charge in [0.2, 0.25) is 0 Å². The lowest BCUT2D eigenvalue weighted by Crippen LogP contribution is -1.81. The molecule has 2 aromatic carbocycles. The Bertz CT molecular complexity index is 1150. The molecule has 0 spiro atoms. The van der Waals surface area contributed by atoms with Crippen molar-refractivity contribution < 1.29 is 9.47 Å². The summed E-state index contributed by atoms with van der Waals surface area (Å²) >= 11 is 3.39. The van der Waals surface area contributed by atoms with Gasteiger partial charge < -0.3 is 9.47 Å². The Morgan fingerprint density at radius 2 is 0.900 bits per heavy atom. The first-order valence-electron chi connectivity index (χ1n) is 9.26. The predicted octanol–water partition coefficient (Wildman–Crippen LogP) is 6.29. The molecule has 0 unspecified atom stereocenters. The molecule has 0 aliphatic rings. The molecule has 4 aromatic rings. The van der Waals surface area contributed by atoms with Crippen LogP contribution >= 0.6 is 22.7 Å². The van der Waals surface area contributed by atoms with Crippen LogP contribution in [0.25, 0.3) is 9.75 Å². The third-order valence-corrected chi connectivity index (χ3v) is 6.49. The minimum atomic E-state index is 0.836. The van der Waals surface area contributed by atoms with E-state index in [9.17, 15) is 0 Å². The summed E-state index contributed by atoms with van der Waals surface area (Å²) < 4.78 is 10.4. The first-order chi connectivity index (χ1) is 14.7. The second-order valence-corrected chi connectivity index (χ2v) is 8.45. The Morgan fingerprint density at radius 3 is 1.27 bits per heavy atom. The predicted molar refractivity (Wildman–Crippen MR) is 126 cm³/mol. The molecule has 2 nitrogen and oxygen atoms in total. The topological polar surface area (TPSA) is 18.5 Å². The van der Waals surface area contributed by atoms with Crippen LogP contribution in [0.2, 0.25) is 0 Å². The maximum absolute atomic E-state index is 5.18. The van der Waals surface area contributed by atoms with Gasteiger partial charge in [-0.2, -0.15) is 0 Å². The molecular formula is C26H18O2S2. The number of hydrogen-bond acceptors (Lipinski definition) is 4. The highest BCUT2D eigenvalue weighted by atomic mass is 32.1. The molecule has 2 aromatic heterocycles. The molecule has 0 saturated heterocycles. The summed E-state index contributed by atoms with van der Waals surface area (Å²) in [6.45, 7) is 0. The van der Waals surface area contributed by atoms with Crippen LogP contribution in [0, 0.1) is 23.7 Å². The van der Waals surface area contributed by atoms with Crippen molar-refractivity contribution in [2.24, 2.45) is 0 Å². The monoisotopic (exact) mass is 426 g/mol. The summed E-state index contributed by atoms with van der Waals surface area (Å²) in [5.74, 6) is 14.6. The van der Waals surface area contributed by atoms with Gasteiger partial charge in [-0.1, -0.05) is 23.7 Å². The summed E-state index contributed by atoms with van der Waals surface area (Å²) in [6, 6.07) is 23.9. The summed E-state index contributed by atoms with van der Waals surface area (Å²) in [4.78, 5) is 4.49. The molecule has 2 heterocycles. The maximum Gasteiger partial charge on any atom is 0.118 e. The summed E-state index contributed by atoms with van der Waals surface area (Å²) in [5, 5.41) is 0. The number of rotatable bonds is 3. The van der Waals surface area contributed by atoms with Crippen molar-refractivity contribution in [2.75, 3.05) is 14.2 Å². The van der Waals surface area contributed by atoms with E-state index in [2.05, 4.69) is 47.9 Å². The van der Waals surface area contributed by atoms with Gasteiger partial charge in [0.1, 0.15) is 11.5 Å². The quantitative estimate of drug-likeness (QED) is 0.358. The lowest BCUT2D eigenvalue weighted by Gasteiger charge is -1.97. The molecule has 0 bridgehead atoms. The highest BCUT2D eigenvalue weighted by Crippen LogP contribution is 2.33. The van der Waals surface area contributed by atoms with Crippen molar-refractivity contribution >= 4 is 22.7 Å². The molecule has 0 radical (unpaired) electrons. The zero-order chi connectivity index (χ0) is 20.8. The molecule has 0 saturated carbocycles. The van der Waals surface area contributed by atoms with Crippen molar-refractivity contribution in [3.8, 4) is 44.9 Å². The summed E-state index contributed by atoms with van der Waals surface area (Å²) in [7, 11) is 3.32. The number of thiophene rings is 2. The van der Waals surface area contributed by atoms with E-state index in [0.29, 0.717) is 0 Å². The van der Waals surface area contributed by atoms with Crippen molar-refractivity contribution in [1.29, 1.82) is 0 Å². The second kappa shape index (κ2) is 9.37. The Labute approximate surface area is 184 Å². The fourth-order valence-electron chi connectivity index (χ4n) is 2.69. The Morgan fingerprint density at radius 1 is 0.500 bits per heavy atom. The first kappa shape index (κ1) is 19.9. The minimum Gasteiger partial charge on any atom is -0.497 e.